The van der Waals surface area contributed by atoms with Crippen LogP contribution in [0, 0.1) is 11.3 Å². The summed E-state index contributed by atoms with van der Waals surface area (Å²) in [7, 11) is 0. The molecule has 0 amide bonds. The van der Waals surface area contributed by atoms with Crippen LogP contribution in [0.4, 0.5) is 0 Å². The summed E-state index contributed by atoms with van der Waals surface area (Å²) in [6.07, 6.45) is 3.23. The normalized spacial score (nSPS) is 18.7. The molecule has 0 atom stereocenters. The highest BCUT2D eigenvalue weighted by Crippen LogP contribution is 2.27. The van der Waals surface area contributed by atoms with E-state index in [4.69, 9.17) is 14.7 Å². The van der Waals surface area contributed by atoms with Gasteiger partial charge in [0, 0.05) is 5.69 Å². The summed E-state index contributed by atoms with van der Waals surface area (Å²) in [5.74, 6) is 0.483. The molecule has 1 saturated heterocycles. The molecule has 0 N–H and O–H groups in total. The van der Waals surface area contributed by atoms with Crippen molar-refractivity contribution in [1.82, 2.24) is 4.98 Å². The number of rotatable bonds is 2. The first-order chi connectivity index (χ1) is 7.86. The molecule has 1 aromatic rings. The fourth-order valence-electron chi connectivity index (χ4n) is 2.06. The highest BCUT2D eigenvalue weighted by atomic mass is 16.6. The van der Waals surface area contributed by atoms with Gasteiger partial charge >= 0.3 is 0 Å². The van der Waals surface area contributed by atoms with Crippen LogP contribution in [0.5, 0.6) is 5.88 Å². The van der Waals surface area contributed by atoms with Gasteiger partial charge in [-0.25, -0.2) is 4.98 Å². The molecule has 4 heteroatoms. The molecule has 1 fully saturated rings. The van der Waals surface area contributed by atoms with Crippen molar-refractivity contribution in [3.05, 3.63) is 22.9 Å². The van der Waals surface area contributed by atoms with Gasteiger partial charge in [0.15, 0.2) is 0 Å². The van der Waals surface area contributed by atoms with Crippen LogP contribution < -0.4 is 4.74 Å². The summed E-state index contributed by atoms with van der Waals surface area (Å²) in [5, 5.41) is 9.05. The molecular weight excluding hydrogens is 204 g/mol. The van der Waals surface area contributed by atoms with Gasteiger partial charge in [0.2, 0.25) is 5.88 Å². The highest BCUT2D eigenvalue weighted by molar-refractivity contribution is 5.44. The van der Waals surface area contributed by atoms with Crippen LogP contribution in [0.3, 0.4) is 0 Å². The predicted molar refractivity (Wildman–Crippen MR) is 56.2 cm³/mol. The molecule has 82 valence electrons. The van der Waals surface area contributed by atoms with E-state index in [2.05, 4.69) is 11.1 Å². The largest absolute Gasteiger partial charge is 0.468 e. The molecule has 3 rings (SSSR count). The SMILES string of the molecule is N#Cc1cc2c(nc1OC1COC1)CCC2. The lowest BCUT2D eigenvalue weighted by molar-refractivity contribution is -0.0814. The quantitative estimate of drug-likeness (QED) is 0.745. The Hall–Kier alpha value is -1.60. The molecule has 1 aliphatic carbocycles. The number of nitrogens with zero attached hydrogens (tertiary/aromatic N) is 2. The van der Waals surface area contributed by atoms with Crippen molar-refractivity contribution in [2.75, 3.05) is 13.2 Å². The number of pyridine rings is 1. The van der Waals surface area contributed by atoms with Crippen molar-refractivity contribution < 1.29 is 9.47 Å². The van der Waals surface area contributed by atoms with Crippen LogP contribution in [0.15, 0.2) is 6.07 Å². The summed E-state index contributed by atoms with van der Waals surface area (Å²) in [4.78, 5) is 4.45. The number of hydrogen-bond donors (Lipinski definition) is 0. The van der Waals surface area contributed by atoms with E-state index in [0.717, 1.165) is 25.0 Å². The Morgan fingerprint density at radius 1 is 1.44 bits per heavy atom. The van der Waals surface area contributed by atoms with E-state index in [0.29, 0.717) is 24.7 Å². The fraction of sp³-hybridized carbons (Fsp3) is 0.500. The third kappa shape index (κ3) is 1.54. The average Bonchev–Trinajstić information content (AvgIpc) is 2.68. The van der Waals surface area contributed by atoms with Gasteiger partial charge in [-0.2, -0.15) is 5.26 Å². The molecule has 4 nitrogen and oxygen atoms in total. The third-order valence-corrected chi connectivity index (χ3v) is 3.02. The number of ether oxygens (including phenoxy) is 2. The second-order valence-electron chi connectivity index (χ2n) is 4.19. The molecule has 1 aliphatic heterocycles. The molecule has 2 heterocycles. The zero-order valence-electron chi connectivity index (χ0n) is 8.90. The van der Waals surface area contributed by atoms with Gasteiger partial charge in [-0.05, 0) is 30.9 Å². The van der Waals surface area contributed by atoms with Crippen LogP contribution in [-0.4, -0.2) is 24.3 Å². The zero-order valence-corrected chi connectivity index (χ0v) is 8.90. The lowest BCUT2D eigenvalue weighted by Gasteiger charge is -2.26. The molecule has 0 unspecified atom stereocenters. The van der Waals surface area contributed by atoms with Crippen molar-refractivity contribution >= 4 is 0 Å². The van der Waals surface area contributed by atoms with E-state index in [1.807, 2.05) is 6.07 Å². The highest BCUT2D eigenvalue weighted by Gasteiger charge is 2.24. The minimum absolute atomic E-state index is 0.0686. The smallest absolute Gasteiger partial charge is 0.232 e. The standard InChI is InChI=1S/C12H12N2O2/c13-5-9-4-8-2-1-3-11(8)14-12(9)16-10-6-15-7-10/h4,10H,1-3,6-7H2. The first kappa shape index (κ1) is 9.61. The van der Waals surface area contributed by atoms with Crippen molar-refractivity contribution in [1.29, 1.82) is 5.26 Å². The summed E-state index contributed by atoms with van der Waals surface area (Å²) >= 11 is 0. The lowest BCUT2D eigenvalue weighted by Crippen LogP contribution is -2.39. The molecule has 1 aromatic heterocycles. The van der Waals surface area contributed by atoms with Crippen molar-refractivity contribution in [3.63, 3.8) is 0 Å². The Balaban J connectivity index is 1.93. The Bertz CT molecular complexity index is 461. The van der Waals surface area contributed by atoms with Gasteiger partial charge in [-0.1, -0.05) is 0 Å². The molecule has 16 heavy (non-hydrogen) atoms. The molecule has 0 spiro atoms. The number of aryl methyl sites for hydroxylation is 2. The monoisotopic (exact) mass is 216 g/mol. The second-order valence-corrected chi connectivity index (χ2v) is 4.19. The maximum atomic E-state index is 9.05. The minimum atomic E-state index is 0.0686. The first-order valence-corrected chi connectivity index (χ1v) is 5.54. The predicted octanol–water partition coefficient (Wildman–Crippen LogP) is 1.22. The van der Waals surface area contributed by atoms with Crippen LogP contribution >= 0.6 is 0 Å². The Kier molecular flexibility index (Phi) is 2.26. The molecule has 0 saturated carbocycles. The van der Waals surface area contributed by atoms with Crippen LogP contribution in [0.25, 0.3) is 0 Å². The van der Waals surface area contributed by atoms with Crippen molar-refractivity contribution in [2.45, 2.75) is 25.4 Å². The van der Waals surface area contributed by atoms with E-state index < -0.39 is 0 Å². The van der Waals surface area contributed by atoms with Gasteiger partial charge in [0.1, 0.15) is 17.7 Å². The maximum Gasteiger partial charge on any atom is 0.232 e. The Labute approximate surface area is 93.8 Å². The number of fused-ring (bicyclic) bond motifs is 1. The second kappa shape index (κ2) is 3.76. The van der Waals surface area contributed by atoms with Gasteiger partial charge in [-0.15, -0.1) is 0 Å². The minimum Gasteiger partial charge on any atom is -0.468 e. The number of nitriles is 1. The van der Waals surface area contributed by atoms with Crippen molar-refractivity contribution in [3.8, 4) is 11.9 Å². The van der Waals surface area contributed by atoms with E-state index in [1.54, 1.807) is 0 Å². The van der Waals surface area contributed by atoms with E-state index in [9.17, 15) is 0 Å². The number of aromatic nitrogens is 1. The molecular formula is C12H12N2O2. The molecule has 0 radical (unpaired) electrons. The number of hydrogen-bond acceptors (Lipinski definition) is 4. The molecule has 0 bridgehead atoms. The molecule has 2 aliphatic rings. The fourth-order valence-corrected chi connectivity index (χ4v) is 2.06. The van der Waals surface area contributed by atoms with Gasteiger partial charge in [0.05, 0.1) is 13.2 Å². The van der Waals surface area contributed by atoms with Crippen molar-refractivity contribution in [2.24, 2.45) is 0 Å². The summed E-state index contributed by atoms with van der Waals surface area (Å²) < 4.78 is 10.7. The topological polar surface area (TPSA) is 55.1 Å². The molecule has 0 aromatic carbocycles. The van der Waals surface area contributed by atoms with E-state index in [1.165, 1.54) is 5.56 Å². The maximum absolute atomic E-state index is 9.05. The van der Waals surface area contributed by atoms with Gasteiger partial charge in [-0.3, -0.25) is 0 Å². The van der Waals surface area contributed by atoms with E-state index in [-0.39, 0.29) is 6.10 Å². The summed E-state index contributed by atoms with van der Waals surface area (Å²) in [6.45, 7) is 1.20. The first-order valence-electron chi connectivity index (χ1n) is 5.54. The summed E-state index contributed by atoms with van der Waals surface area (Å²) in [5.41, 5.74) is 2.84. The lowest BCUT2D eigenvalue weighted by atomic mass is 10.1. The van der Waals surface area contributed by atoms with Crippen LogP contribution in [0.2, 0.25) is 0 Å². The average molecular weight is 216 g/mol. The van der Waals surface area contributed by atoms with Crippen LogP contribution in [-0.2, 0) is 17.6 Å². The Morgan fingerprint density at radius 2 is 2.31 bits per heavy atom. The zero-order chi connectivity index (χ0) is 11.0. The summed E-state index contributed by atoms with van der Waals surface area (Å²) in [6, 6.07) is 4.07. The Morgan fingerprint density at radius 3 is 3.00 bits per heavy atom. The third-order valence-electron chi connectivity index (χ3n) is 3.02. The van der Waals surface area contributed by atoms with Crippen LogP contribution in [0.1, 0.15) is 23.2 Å². The van der Waals surface area contributed by atoms with Gasteiger partial charge in [0.25, 0.3) is 0 Å². The van der Waals surface area contributed by atoms with E-state index >= 15 is 0 Å². The van der Waals surface area contributed by atoms with Gasteiger partial charge < -0.3 is 9.47 Å².